The zero-order chi connectivity index (χ0) is 12.8. The van der Waals surface area contributed by atoms with Crippen molar-refractivity contribution in [2.45, 2.75) is 26.4 Å². The molecule has 0 saturated heterocycles. The Balaban J connectivity index is 2.48. The van der Waals surface area contributed by atoms with Crippen LogP contribution in [0.2, 0.25) is 5.02 Å². The first kappa shape index (κ1) is 13.9. The van der Waals surface area contributed by atoms with Gasteiger partial charge in [0.25, 0.3) is 5.91 Å². The maximum Gasteiger partial charge on any atom is 0.252 e. The highest BCUT2D eigenvalue weighted by molar-refractivity contribution is 6.33. The fourth-order valence-corrected chi connectivity index (χ4v) is 1.79. The number of halogens is 1. The molecule has 0 aromatic carbocycles. The minimum Gasteiger partial charge on any atom is -0.393 e. The number of aliphatic hydroxyl groups is 1. The van der Waals surface area contributed by atoms with Crippen molar-refractivity contribution in [2.24, 2.45) is 5.92 Å². The lowest BCUT2D eigenvalue weighted by Crippen LogP contribution is -2.29. The van der Waals surface area contributed by atoms with Gasteiger partial charge in [-0.05, 0) is 25.3 Å². The molecule has 1 rings (SSSR count). The molecule has 1 aromatic rings. The van der Waals surface area contributed by atoms with Gasteiger partial charge in [-0.25, -0.2) is 0 Å². The van der Waals surface area contributed by atoms with Gasteiger partial charge in [-0.3, -0.25) is 9.78 Å². The Morgan fingerprint density at radius 3 is 2.88 bits per heavy atom. The molecule has 0 aliphatic carbocycles. The normalized spacial score (nSPS) is 14.1. The number of nitrogens with zero attached hydrogens (tertiary/aromatic N) is 1. The second kappa shape index (κ2) is 6.57. The van der Waals surface area contributed by atoms with E-state index in [2.05, 4.69) is 10.3 Å². The monoisotopic (exact) mass is 256 g/mol. The lowest BCUT2D eigenvalue weighted by Gasteiger charge is -2.14. The van der Waals surface area contributed by atoms with Gasteiger partial charge in [-0.15, -0.1) is 0 Å². The lowest BCUT2D eigenvalue weighted by atomic mass is 10.0. The number of pyridine rings is 1. The van der Waals surface area contributed by atoms with Crippen LogP contribution in [0, 0.1) is 5.92 Å². The summed E-state index contributed by atoms with van der Waals surface area (Å²) in [6.07, 6.45) is 3.27. The van der Waals surface area contributed by atoms with E-state index in [1.54, 1.807) is 13.0 Å². The molecule has 0 spiro atoms. The predicted molar refractivity (Wildman–Crippen MR) is 67.0 cm³/mol. The van der Waals surface area contributed by atoms with Crippen molar-refractivity contribution in [3.8, 4) is 0 Å². The van der Waals surface area contributed by atoms with E-state index in [0.29, 0.717) is 23.6 Å². The van der Waals surface area contributed by atoms with E-state index in [4.69, 9.17) is 11.6 Å². The summed E-state index contributed by atoms with van der Waals surface area (Å²) in [7, 11) is 0. The molecule has 0 saturated carbocycles. The maximum atomic E-state index is 11.8. The van der Waals surface area contributed by atoms with Crippen molar-refractivity contribution in [3.63, 3.8) is 0 Å². The number of hydrogen-bond donors (Lipinski definition) is 2. The Kier molecular flexibility index (Phi) is 5.38. The molecular formula is C12H17ClN2O2. The van der Waals surface area contributed by atoms with Crippen molar-refractivity contribution < 1.29 is 9.90 Å². The molecule has 1 amide bonds. The third kappa shape index (κ3) is 4.71. The lowest BCUT2D eigenvalue weighted by molar-refractivity contribution is 0.0939. The Morgan fingerprint density at radius 1 is 1.59 bits per heavy atom. The van der Waals surface area contributed by atoms with E-state index in [0.717, 1.165) is 0 Å². The summed E-state index contributed by atoms with van der Waals surface area (Å²) < 4.78 is 0. The summed E-state index contributed by atoms with van der Waals surface area (Å²) in [5, 5.41) is 12.3. The molecule has 2 unspecified atom stereocenters. The minimum absolute atomic E-state index is 0.213. The van der Waals surface area contributed by atoms with Crippen LogP contribution in [0.3, 0.4) is 0 Å². The molecule has 0 radical (unpaired) electrons. The van der Waals surface area contributed by atoms with Crippen LogP contribution in [0.1, 0.15) is 30.6 Å². The van der Waals surface area contributed by atoms with Gasteiger partial charge in [0.1, 0.15) is 0 Å². The molecule has 4 nitrogen and oxygen atoms in total. The average molecular weight is 257 g/mol. The number of carbonyl (C=O) groups is 1. The summed E-state index contributed by atoms with van der Waals surface area (Å²) in [4.78, 5) is 15.6. The van der Waals surface area contributed by atoms with Crippen LogP contribution in [0.5, 0.6) is 0 Å². The summed E-state index contributed by atoms with van der Waals surface area (Å²) in [5.41, 5.74) is 0.422. The van der Waals surface area contributed by atoms with Gasteiger partial charge in [-0.2, -0.15) is 0 Å². The van der Waals surface area contributed by atoms with Crippen LogP contribution in [0.25, 0.3) is 0 Å². The molecule has 2 N–H and O–H groups in total. The number of hydrogen-bond acceptors (Lipinski definition) is 3. The number of carbonyl (C=O) groups excluding carboxylic acids is 1. The molecule has 5 heteroatoms. The third-order valence-electron chi connectivity index (χ3n) is 2.37. The molecular weight excluding hydrogens is 240 g/mol. The predicted octanol–water partition coefficient (Wildman–Crippen LogP) is 1.87. The van der Waals surface area contributed by atoms with E-state index < -0.39 is 0 Å². The fourth-order valence-electron chi connectivity index (χ4n) is 1.59. The van der Waals surface area contributed by atoms with Gasteiger partial charge >= 0.3 is 0 Å². The van der Waals surface area contributed by atoms with Gasteiger partial charge < -0.3 is 10.4 Å². The van der Waals surface area contributed by atoms with Crippen molar-refractivity contribution >= 4 is 17.5 Å². The van der Waals surface area contributed by atoms with Crippen LogP contribution in [0.15, 0.2) is 18.5 Å². The van der Waals surface area contributed by atoms with Crippen molar-refractivity contribution in [1.29, 1.82) is 0 Å². The number of rotatable bonds is 5. The van der Waals surface area contributed by atoms with Gasteiger partial charge in [0.05, 0.1) is 16.7 Å². The molecule has 94 valence electrons. The smallest absolute Gasteiger partial charge is 0.252 e. The molecule has 1 aromatic heterocycles. The summed E-state index contributed by atoms with van der Waals surface area (Å²) in [5.74, 6) is 0.00871. The first-order chi connectivity index (χ1) is 8.00. The van der Waals surface area contributed by atoms with Crippen LogP contribution < -0.4 is 5.32 Å². The summed E-state index contributed by atoms with van der Waals surface area (Å²) in [6.45, 7) is 4.22. The highest BCUT2D eigenvalue weighted by Crippen LogP contribution is 2.13. The Bertz CT molecular complexity index is 383. The van der Waals surface area contributed by atoms with E-state index in [-0.39, 0.29) is 17.9 Å². The van der Waals surface area contributed by atoms with E-state index in [1.807, 2.05) is 6.92 Å². The van der Waals surface area contributed by atoms with Gasteiger partial charge in [0.2, 0.25) is 0 Å². The fraction of sp³-hybridized carbons (Fsp3) is 0.500. The number of aliphatic hydroxyl groups excluding tert-OH is 1. The van der Waals surface area contributed by atoms with E-state index >= 15 is 0 Å². The first-order valence-corrected chi connectivity index (χ1v) is 5.94. The van der Waals surface area contributed by atoms with Crippen LogP contribution in [-0.4, -0.2) is 28.6 Å². The molecule has 0 bridgehead atoms. The van der Waals surface area contributed by atoms with E-state index in [9.17, 15) is 9.90 Å². The van der Waals surface area contributed by atoms with Gasteiger partial charge in [-0.1, -0.05) is 18.5 Å². The Labute approximate surface area is 106 Å². The molecule has 0 fully saturated rings. The SMILES string of the molecule is CC(O)CC(C)CNC(=O)c1ccncc1Cl. The summed E-state index contributed by atoms with van der Waals surface area (Å²) >= 11 is 5.86. The van der Waals surface area contributed by atoms with E-state index in [1.165, 1.54) is 12.4 Å². The molecule has 1 heterocycles. The largest absolute Gasteiger partial charge is 0.393 e. The van der Waals surface area contributed by atoms with Gasteiger partial charge in [0.15, 0.2) is 0 Å². The highest BCUT2D eigenvalue weighted by atomic mass is 35.5. The number of aromatic nitrogens is 1. The molecule has 0 aliphatic heterocycles. The van der Waals surface area contributed by atoms with Crippen LogP contribution in [0.4, 0.5) is 0 Å². The van der Waals surface area contributed by atoms with Crippen LogP contribution in [-0.2, 0) is 0 Å². The standard InChI is InChI=1S/C12H17ClN2O2/c1-8(5-9(2)16)6-15-12(17)10-3-4-14-7-11(10)13/h3-4,7-9,16H,5-6H2,1-2H3,(H,15,17). The van der Waals surface area contributed by atoms with Crippen molar-refractivity contribution in [1.82, 2.24) is 10.3 Å². The van der Waals surface area contributed by atoms with Crippen molar-refractivity contribution in [3.05, 3.63) is 29.0 Å². The molecule has 17 heavy (non-hydrogen) atoms. The Morgan fingerprint density at radius 2 is 2.29 bits per heavy atom. The zero-order valence-corrected chi connectivity index (χ0v) is 10.7. The number of amides is 1. The quantitative estimate of drug-likeness (QED) is 0.846. The van der Waals surface area contributed by atoms with Gasteiger partial charge in [0, 0.05) is 18.9 Å². The zero-order valence-electron chi connectivity index (χ0n) is 9.98. The average Bonchev–Trinajstić information content (AvgIpc) is 2.25. The third-order valence-corrected chi connectivity index (χ3v) is 2.67. The topological polar surface area (TPSA) is 62.2 Å². The Hall–Kier alpha value is -1.13. The summed E-state index contributed by atoms with van der Waals surface area (Å²) in [6, 6.07) is 1.58. The van der Waals surface area contributed by atoms with Crippen molar-refractivity contribution in [2.75, 3.05) is 6.54 Å². The van der Waals surface area contributed by atoms with Crippen LogP contribution >= 0.6 is 11.6 Å². The first-order valence-electron chi connectivity index (χ1n) is 5.56. The molecule has 0 aliphatic rings. The molecule has 2 atom stereocenters. The number of nitrogens with one attached hydrogen (secondary N) is 1. The second-order valence-electron chi connectivity index (χ2n) is 4.26. The highest BCUT2D eigenvalue weighted by Gasteiger charge is 2.12. The minimum atomic E-state index is -0.355. The second-order valence-corrected chi connectivity index (χ2v) is 4.66. The maximum absolute atomic E-state index is 11.8.